The van der Waals surface area contributed by atoms with Crippen molar-refractivity contribution in [2.75, 3.05) is 42.9 Å². The lowest BCUT2D eigenvalue weighted by atomic mass is 10.1. The lowest BCUT2D eigenvalue weighted by molar-refractivity contribution is -0.116. The third kappa shape index (κ3) is 5.65. The summed E-state index contributed by atoms with van der Waals surface area (Å²) in [6.07, 6.45) is 0.597. The zero-order chi connectivity index (χ0) is 23.3. The number of carbonyl (C=O) groups is 1. The number of anilines is 2. The highest BCUT2D eigenvalue weighted by molar-refractivity contribution is 7.86. The summed E-state index contributed by atoms with van der Waals surface area (Å²) in [6.45, 7) is 8.29. The Hall–Kier alpha value is -2.49. The highest BCUT2D eigenvalue weighted by Gasteiger charge is 2.34. The zero-order valence-electron chi connectivity index (χ0n) is 18.8. The fourth-order valence-electron chi connectivity index (χ4n) is 3.90. The highest BCUT2D eigenvalue weighted by Crippen LogP contribution is 2.24. The van der Waals surface area contributed by atoms with Crippen LogP contribution in [0.5, 0.6) is 0 Å². The molecular formula is C23H31FN4O3S. The van der Waals surface area contributed by atoms with Gasteiger partial charge in [-0.05, 0) is 68.7 Å². The lowest BCUT2D eigenvalue weighted by Crippen LogP contribution is -2.51. The minimum Gasteiger partial charge on any atom is -0.372 e. The molecule has 3 rings (SSSR count). The molecule has 0 aromatic heterocycles. The highest BCUT2D eigenvalue weighted by atomic mass is 32.2. The van der Waals surface area contributed by atoms with Crippen LogP contribution in [0.2, 0.25) is 0 Å². The van der Waals surface area contributed by atoms with Gasteiger partial charge in [0.15, 0.2) is 0 Å². The van der Waals surface area contributed by atoms with Crippen molar-refractivity contribution in [1.82, 2.24) is 8.61 Å². The zero-order valence-corrected chi connectivity index (χ0v) is 19.7. The number of aryl methyl sites for hydroxylation is 1. The molecule has 0 saturated carbocycles. The normalized spacial score (nSPS) is 16.6. The molecule has 2 aromatic carbocycles. The summed E-state index contributed by atoms with van der Waals surface area (Å²) < 4.78 is 42.0. The molecule has 1 fully saturated rings. The van der Waals surface area contributed by atoms with Crippen LogP contribution in [0.4, 0.5) is 15.8 Å². The Bertz CT molecular complexity index is 1060. The van der Waals surface area contributed by atoms with Crippen LogP contribution in [0.3, 0.4) is 0 Å². The van der Waals surface area contributed by atoms with Gasteiger partial charge in [0.2, 0.25) is 5.91 Å². The van der Waals surface area contributed by atoms with Gasteiger partial charge in [-0.3, -0.25) is 4.79 Å². The van der Waals surface area contributed by atoms with Crippen LogP contribution in [-0.2, 0) is 21.5 Å². The number of hydrogen-bond donors (Lipinski definition) is 1. The van der Waals surface area contributed by atoms with E-state index in [1.165, 1.54) is 20.7 Å². The van der Waals surface area contributed by atoms with E-state index in [-0.39, 0.29) is 25.5 Å². The number of carbonyl (C=O) groups excluding carboxylic acids is 1. The quantitative estimate of drug-likeness (QED) is 0.653. The first-order chi connectivity index (χ1) is 15.2. The third-order valence-electron chi connectivity index (χ3n) is 5.65. The minimum absolute atomic E-state index is 0.0736. The van der Waals surface area contributed by atoms with E-state index in [1.54, 1.807) is 12.1 Å². The second-order valence-electron chi connectivity index (χ2n) is 7.88. The van der Waals surface area contributed by atoms with Gasteiger partial charge in [0.1, 0.15) is 5.82 Å². The molecule has 1 saturated heterocycles. The van der Waals surface area contributed by atoms with Gasteiger partial charge in [0.25, 0.3) is 10.2 Å². The van der Waals surface area contributed by atoms with Crippen LogP contribution in [0.1, 0.15) is 31.4 Å². The Labute approximate surface area is 190 Å². The van der Waals surface area contributed by atoms with Gasteiger partial charge in [-0.2, -0.15) is 17.0 Å². The molecule has 7 nitrogen and oxygen atoms in total. The molecular weight excluding hydrogens is 431 g/mol. The van der Waals surface area contributed by atoms with Gasteiger partial charge in [-0.1, -0.05) is 12.1 Å². The number of benzene rings is 2. The molecule has 1 N–H and O–H groups in total. The Morgan fingerprint density at radius 1 is 1.09 bits per heavy atom. The number of nitrogens with zero attached hydrogens (tertiary/aromatic N) is 3. The van der Waals surface area contributed by atoms with E-state index in [1.807, 2.05) is 25.1 Å². The molecule has 0 bridgehead atoms. The van der Waals surface area contributed by atoms with Crippen LogP contribution in [-0.4, -0.2) is 55.7 Å². The lowest BCUT2D eigenvalue weighted by Gasteiger charge is -2.34. The standard InChI is InChI=1S/C23H31FN4O3S/c1-4-26(5-2)21-10-11-22(18(3)14-21)25-23(29)17-28-13-7-12-27(32(28,30)31)16-19-8-6-9-20(24)15-19/h6,8-11,14-15H,4-5,7,12-13,16-17H2,1-3H3,(H,25,29). The Kier molecular flexibility index (Phi) is 7.86. The van der Waals surface area contributed by atoms with Crippen molar-refractivity contribution in [2.45, 2.75) is 33.7 Å². The predicted octanol–water partition coefficient (Wildman–Crippen LogP) is 3.37. The van der Waals surface area contributed by atoms with Gasteiger partial charge in [-0.25, -0.2) is 4.39 Å². The first-order valence-electron chi connectivity index (χ1n) is 10.9. The van der Waals surface area contributed by atoms with Crippen molar-refractivity contribution in [3.63, 3.8) is 0 Å². The molecule has 0 spiro atoms. The molecule has 174 valence electrons. The summed E-state index contributed by atoms with van der Waals surface area (Å²) in [5.41, 5.74) is 3.23. The van der Waals surface area contributed by atoms with Crippen molar-refractivity contribution in [3.8, 4) is 0 Å². The van der Waals surface area contributed by atoms with Gasteiger partial charge in [-0.15, -0.1) is 0 Å². The summed E-state index contributed by atoms with van der Waals surface area (Å²) in [5, 5.41) is 2.84. The molecule has 1 heterocycles. The Morgan fingerprint density at radius 3 is 2.47 bits per heavy atom. The molecule has 9 heteroatoms. The number of nitrogens with one attached hydrogen (secondary N) is 1. The van der Waals surface area contributed by atoms with Gasteiger partial charge >= 0.3 is 0 Å². The van der Waals surface area contributed by atoms with Crippen LogP contribution < -0.4 is 10.2 Å². The fraction of sp³-hybridized carbons (Fsp3) is 0.435. The molecule has 0 radical (unpaired) electrons. The summed E-state index contributed by atoms with van der Waals surface area (Å²) in [7, 11) is -3.82. The van der Waals surface area contributed by atoms with Crippen molar-refractivity contribution in [2.24, 2.45) is 0 Å². The van der Waals surface area contributed by atoms with Gasteiger partial charge in [0, 0.05) is 44.1 Å². The van der Waals surface area contributed by atoms with Crippen molar-refractivity contribution in [3.05, 3.63) is 59.4 Å². The fourth-order valence-corrected chi connectivity index (χ4v) is 5.54. The summed E-state index contributed by atoms with van der Waals surface area (Å²) in [6, 6.07) is 11.7. The molecule has 1 amide bonds. The topological polar surface area (TPSA) is 73.0 Å². The molecule has 0 aliphatic carbocycles. The average Bonchev–Trinajstić information content (AvgIpc) is 2.74. The van der Waals surface area contributed by atoms with E-state index in [0.29, 0.717) is 24.2 Å². The first kappa shape index (κ1) is 24.2. The molecule has 1 aliphatic heterocycles. The van der Waals surface area contributed by atoms with Crippen molar-refractivity contribution in [1.29, 1.82) is 0 Å². The summed E-state index contributed by atoms with van der Waals surface area (Å²) in [4.78, 5) is 14.9. The number of amides is 1. The average molecular weight is 463 g/mol. The second kappa shape index (κ2) is 10.4. The Morgan fingerprint density at radius 2 is 1.81 bits per heavy atom. The van der Waals surface area contributed by atoms with E-state index < -0.39 is 16.0 Å². The van der Waals surface area contributed by atoms with Crippen LogP contribution in [0.25, 0.3) is 0 Å². The van der Waals surface area contributed by atoms with E-state index in [9.17, 15) is 17.6 Å². The molecule has 32 heavy (non-hydrogen) atoms. The molecule has 0 atom stereocenters. The maximum atomic E-state index is 13.5. The van der Waals surface area contributed by atoms with E-state index >= 15 is 0 Å². The summed E-state index contributed by atoms with van der Waals surface area (Å²) in [5.74, 6) is -0.796. The second-order valence-corrected chi connectivity index (χ2v) is 9.81. The van der Waals surface area contributed by atoms with Crippen LogP contribution in [0, 0.1) is 12.7 Å². The maximum absolute atomic E-state index is 13.5. The predicted molar refractivity (Wildman–Crippen MR) is 125 cm³/mol. The van der Waals surface area contributed by atoms with E-state index in [0.717, 1.165) is 24.3 Å². The first-order valence-corrected chi connectivity index (χ1v) is 12.3. The van der Waals surface area contributed by atoms with Gasteiger partial charge < -0.3 is 10.2 Å². The molecule has 1 aliphatic rings. The molecule has 2 aromatic rings. The Balaban J connectivity index is 1.66. The van der Waals surface area contributed by atoms with Crippen LogP contribution >= 0.6 is 0 Å². The van der Waals surface area contributed by atoms with E-state index in [4.69, 9.17) is 0 Å². The summed E-state index contributed by atoms with van der Waals surface area (Å²) >= 11 is 0. The third-order valence-corrected chi connectivity index (χ3v) is 7.58. The number of rotatable bonds is 8. The minimum atomic E-state index is -3.82. The molecule has 0 unspecified atom stereocenters. The largest absolute Gasteiger partial charge is 0.372 e. The smallest absolute Gasteiger partial charge is 0.282 e. The van der Waals surface area contributed by atoms with Crippen LogP contribution in [0.15, 0.2) is 42.5 Å². The monoisotopic (exact) mass is 462 g/mol. The van der Waals surface area contributed by atoms with E-state index in [2.05, 4.69) is 24.1 Å². The van der Waals surface area contributed by atoms with Crippen molar-refractivity contribution >= 4 is 27.5 Å². The van der Waals surface area contributed by atoms with Crippen molar-refractivity contribution < 1.29 is 17.6 Å². The maximum Gasteiger partial charge on any atom is 0.282 e. The number of halogens is 1. The number of hydrogen-bond acceptors (Lipinski definition) is 4. The SMILES string of the molecule is CCN(CC)c1ccc(NC(=O)CN2CCCN(Cc3cccc(F)c3)S2(=O)=O)c(C)c1. The van der Waals surface area contributed by atoms with Gasteiger partial charge in [0.05, 0.1) is 6.54 Å².